The van der Waals surface area contributed by atoms with Crippen molar-refractivity contribution in [1.82, 2.24) is 14.9 Å². The Balaban J connectivity index is 1.32. The van der Waals surface area contributed by atoms with Crippen LogP contribution in [-0.4, -0.2) is 29.1 Å². The first-order chi connectivity index (χ1) is 16.2. The minimum Gasteiger partial charge on any atom is -0.497 e. The van der Waals surface area contributed by atoms with Gasteiger partial charge in [-0.3, -0.25) is 4.79 Å². The summed E-state index contributed by atoms with van der Waals surface area (Å²) >= 11 is 0. The second-order valence-electron chi connectivity index (χ2n) is 8.27. The van der Waals surface area contributed by atoms with Crippen LogP contribution in [0.5, 0.6) is 5.75 Å². The Morgan fingerprint density at radius 1 is 0.939 bits per heavy atom. The van der Waals surface area contributed by atoms with Crippen molar-refractivity contribution in [3.05, 3.63) is 95.8 Å². The Kier molecular flexibility index (Phi) is 7.40. The number of ether oxygens (including phenoxy) is 1. The number of aryl methyl sites for hydroxylation is 1. The van der Waals surface area contributed by atoms with Gasteiger partial charge >= 0.3 is 0 Å². The third-order valence-electron chi connectivity index (χ3n) is 6.05. The number of aromatic nitrogens is 2. The van der Waals surface area contributed by atoms with Crippen LogP contribution in [0.4, 0.5) is 0 Å². The molecular weight excluding hydrogens is 410 g/mol. The fourth-order valence-corrected chi connectivity index (χ4v) is 4.21. The molecular formula is C28H31N3O2. The minimum absolute atomic E-state index is 0.0452. The summed E-state index contributed by atoms with van der Waals surface area (Å²) in [6.45, 7) is 2.91. The van der Waals surface area contributed by atoms with E-state index in [1.807, 2.05) is 6.07 Å². The quantitative estimate of drug-likeness (QED) is 0.317. The van der Waals surface area contributed by atoms with Gasteiger partial charge in [0.05, 0.1) is 24.2 Å². The maximum atomic E-state index is 12.3. The number of methoxy groups -OCH3 is 1. The van der Waals surface area contributed by atoms with Crippen molar-refractivity contribution in [1.29, 1.82) is 0 Å². The lowest BCUT2D eigenvalue weighted by Crippen LogP contribution is -2.24. The van der Waals surface area contributed by atoms with Gasteiger partial charge in [-0.05, 0) is 61.7 Å². The van der Waals surface area contributed by atoms with Crippen molar-refractivity contribution in [3.63, 3.8) is 0 Å². The van der Waals surface area contributed by atoms with Crippen LogP contribution in [0.3, 0.4) is 0 Å². The highest BCUT2D eigenvalue weighted by Gasteiger charge is 2.16. The molecule has 0 fully saturated rings. The Labute approximate surface area is 195 Å². The first kappa shape index (κ1) is 22.6. The Bertz CT molecular complexity index is 1180. The van der Waals surface area contributed by atoms with Crippen LogP contribution in [0, 0.1) is 0 Å². The molecule has 5 heteroatoms. The van der Waals surface area contributed by atoms with Gasteiger partial charge in [0, 0.05) is 18.5 Å². The summed E-state index contributed by atoms with van der Waals surface area (Å²) in [5.41, 5.74) is 4.15. The van der Waals surface area contributed by atoms with Crippen LogP contribution in [-0.2, 0) is 6.42 Å². The first-order valence-corrected chi connectivity index (χ1v) is 11.6. The summed E-state index contributed by atoms with van der Waals surface area (Å²) in [7, 11) is 1.62. The van der Waals surface area contributed by atoms with E-state index >= 15 is 0 Å². The van der Waals surface area contributed by atoms with Gasteiger partial charge in [0.15, 0.2) is 0 Å². The number of fused-ring (bicyclic) bond motifs is 1. The van der Waals surface area contributed by atoms with Crippen LogP contribution < -0.4 is 10.1 Å². The van der Waals surface area contributed by atoms with Crippen LogP contribution in [0.25, 0.3) is 11.0 Å². The number of benzene rings is 3. The molecule has 0 saturated heterocycles. The topological polar surface area (TPSA) is 56.1 Å². The molecule has 0 radical (unpaired) electrons. The predicted molar refractivity (Wildman–Crippen MR) is 133 cm³/mol. The predicted octanol–water partition coefficient (Wildman–Crippen LogP) is 5.80. The maximum absolute atomic E-state index is 12.3. The van der Waals surface area contributed by atoms with Gasteiger partial charge in [0.2, 0.25) is 0 Å². The molecule has 4 rings (SSSR count). The van der Waals surface area contributed by atoms with Gasteiger partial charge in [-0.25, -0.2) is 4.98 Å². The van der Waals surface area contributed by atoms with E-state index < -0.39 is 0 Å². The monoisotopic (exact) mass is 441 g/mol. The number of hydrogen-bond acceptors (Lipinski definition) is 3. The van der Waals surface area contributed by atoms with Gasteiger partial charge in [0.1, 0.15) is 11.6 Å². The number of rotatable bonds is 10. The molecule has 1 N–H and O–H groups in total. The molecule has 1 heterocycles. The number of hydrogen-bond donors (Lipinski definition) is 1. The molecule has 1 aromatic heterocycles. The zero-order valence-corrected chi connectivity index (χ0v) is 19.3. The molecule has 1 amide bonds. The molecule has 33 heavy (non-hydrogen) atoms. The second-order valence-corrected chi connectivity index (χ2v) is 8.27. The van der Waals surface area contributed by atoms with E-state index in [1.165, 1.54) is 11.1 Å². The lowest BCUT2D eigenvalue weighted by Gasteiger charge is -2.18. The molecule has 0 bridgehead atoms. The average molecular weight is 442 g/mol. The number of nitrogens with zero attached hydrogens (tertiary/aromatic N) is 2. The van der Waals surface area contributed by atoms with Gasteiger partial charge < -0.3 is 14.6 Å². The SMILES string of the molecule is COc1ccc(C(=O)NCCCCCc2nc3ccccc3n2C(C)c2ccccc2)cc1. The molecule has 0 aliphatic rings. The maximum Gasteiger partial charge on any atom is 0.251 e. The van der Waals surface area contributed by atoms with Gasteiger partial charge in [0.25, 0.3) is 5.91 Å². The molecule has 0 saturated carbocycles. The Morgan fingerprint density at radius 3 is 2.42 bits per heavy atom. The number of imidazole rings is 1. The van der Waals surface area contributed by atoms with E-state index in [2.05, 4.69) is 65.3 Å². The van der Waals surface area contributed by atoms with E-state index in [0.717, 1.165) is 42.8 Å². The summed E-state index contributed by atoms with van der Waals surface area (Å²) in [5.74, 6) is 1.82. The molecule has 1 atom stereocenters. The van der Waals surface area contributed by atoms with E-state index in [1.54, 1.807) is 31.4 Å². The Hall–Kier alpha value is -3.60. The van der Waals surface area contributed by atoms with Crippen molar-refractivity contribution < 1.29 is 9.53 Å². The average Bonchev–Trinajstić information content (AvgIpc) is 3.24. The first-order valence-electron chi connectivity index (χ1n) is 11.6. The molecule has 0 spiro atoms. The van der Waals surface area contributed by atoms with Crippen molar-refractivity contribution in [2.24, 2.45) is 0 Å². The standard InChI is InChI=1S/C28H31N3O2/c1-21(22-11-5-3-6-12-22)31-26-14-9-8-13-25(26)30-27(31)15-7-4-10-20-29-28(32)23-16-18-24(33-2)19-17-23/h3,5-6,8-9,11-14,16-19,21H,4,7,10,15,20H2,1-2H3,(H,29,32). The van der Waals surface area contributed by atoms with Gasteiger partial charge in [-0.1, -0.05) is 48.9 Å². The van der Waals surface area contributed by atoms with Crippen LogP contribution in [0.2, 0.25) is 0 Å². The summed E-state index contributed by atoms with van der Waals surface area (Å²) < 4.78 is 7.51. The fourth-order valence-electron chi connectivity index (χ4n) is 4.21. The van der Waals surface area contributed by atoms with Crippen molar-refractivity contribution >= 4 is 16.9 Å². The fraction of sp³-hybridized carbons (Fsp3) is 0.286. The third-order valence-corrected chi connectivity index (χ3v) is 6.05. The molecule has 1 unspecified atom stereocenters. The van der Waals surface area contributed by atoms with E-state index in [0.29, 0.717) is 12.1 Å². The smallest absolute Gasteiger partial charge is 0.251 e. The van der Waals surface area contributed by atoms with Gasteiger partial charge in [-0.15, -0.1) is 0 Å². The minimum atomic E-state index is -0.0452. The van der Waals surface area contributed by atoms with Crippen LogP contribution in [0.1, 0.15) is 54.0 Å². The number of carbonyl (C=O) groups excluding carboxylic acids is 1. The number of amides is 1. The molecule has 5 nitrogen and oxygen atoms in total. The molecule has 4 aromatic rings. The summed E-state index contributed by atoms with van der Waals surface area (Å²) in [6, 6.07) is 26.3. The second kappa shape index (κ2) is 10.8. The number of para-hydroxylation sites is 2. The summed E-state index contributed by atoms with van der Waals surface area (Å²) in [5, 5.41) is 3.01. The normalized spacial score (nSPS) is 11.9. The lowest BCUT2D eigenvalue weighted by atomic mass is 10.1. The van der Waals surface area contributed by atoms with E-state index in [9.17, 15) is 4.79 Å². The zero-order chi connectivity index (χ0) is 23.0. The van der Waals surface area contributed by atoms with Crippen LogP contribution >= 0.6 is 0 Å². The van der Waals surface area contributed by atoms with E-state index in [-0.39, 0.29) is 11.9 Å². The molecule has 0 aliphatic carbocycles. The highest BCUT2D eigenvalue weighted by molar-refractivity contribution is 5.94. The summed E-state index contributed by atoms with van der Waals surface area (Å²) in [4.78, 5) is 17.2. The van der Waals surface area contributed by atoms with Crippen molar-refractivity contribution in [3.8, 4) is 5.75 Å². The van der Waals surface area contributed by atoms with Crippen LogP contribution in [0.15, 0.2) is 78.9 Å². The van der Waals surface area contributed by atoms with E-state index in [4.69, 9.17) is 9.72 Å². The van der Waals surface area contributed by atoms with Gasteiger partial charge in [-0.2, -0.15) is 0 Å². The highest BCUT2D eigenvalue weighted by atomic mass is 16.5. The summed E-state index contributed by atoms with van der Waals surface area (Å²) in [6.07, 6.45) is 3.92. The third kappa shape index (κ3) is 5.43. The zero-order valence-electron chi connectivity index (χ0n) is 19.3. The number of nitrogens with one attached hydrogen (secondary N) is 1. The molecule has 3 aromatic carbocycles. The molecule has 170 valence electrons. The van der Waals surface area contributed by atoms with Crippen molar-refractivity contribution in [2.45, 2.75) is 38.6 Å². The number of unbranched alkanes of at least 4 members (excludes halogenated alkanes) is 2. The van der Waals surface area contributed by atoms with Crippen molar-refractivity contribution in [2.75, 3.05) is 13.7 Å². The largest absolute Gasteiger partial charge is 0.497 e. The molecule has 0 aliphatic heterocycles. The highest BCUT2D eigenvalue weighted by Crippen LogP contribution is 2.27. The number of carbonyl (C=O) groups is 1. The lowest BCUT2D eigenvalue weighted by molar-refractivity contribution is 0.0953. The Morgan fingerprint density at radius 2 is 1.67 bits per heavy atom.